The number of rotatable bonds is 6. The predicted octanol–water partition coefficient (Wildman–Crippen LogP) is 4.35. The van der Waals surface area contributed by atoms with Crippen LogP contribution in [-0.2, 0) is 16.6 Å². The lowest BCUT2D eigenvalue weighted by atomic mass is 9.91. The van der Waals surface area contributed by atoms with E-state index in [1.54, 1.807) is 6.20 Å². The Kier molecular flexibility index (Phi) is 5.55. The summed E-state index contributed by atoms with van der Waals surface area (Å²) in [4.78, 5) is 29.2. The highest BCUT2D eigenvalue weighted by Gasteiger charge is 2.38. The lowest BCUT2D eigenvalue weighted by Crippen LogP contribution is -2.41. The molecular weight excluding hydrogens is 436 g/mol. The molecule has 1 amide bonds. The van der Waals surface area contributed by atoms with E-state index in [-0.39, 0.29) is 17.4 Å². The first-order chi connectivity index (χ1) is 15.8. The van der Waals surface area contributed by atoms with E-state index in [4.69, 9.17) is 9.97 Å². The Morgan fingerprint density at radius 3 is 2.91 bits per heavy atom. The van der Waals surface area contributed by atoms with Crippen molar-refractivity contribution in [2.75, 3.05) is 22.1 Å². The Hall–Kier alpha value is -3.01. The molecule has 33 heavy (non-hydrogen) atoms. The molecule has 1 atom stereocenters. The highest BCUT2D eigenvalue weighted by molar-refractivity contribution is 7.13. The van der Waals surface area contributed by atoms with Crippen molar-refractivity contribution in [2.45, 2.75) is 70.8 Å². The second-order valence-electron chi connectivity index (χ2n) is 9.75. The van der Waals surface area contributed by atoms with Crippen molar-refractivity contribution in [3.05, 3.63) is 34.6 Å². The van der Waals surface area contributed by atoms with Crippen LogP contribution < -0.4 is 15.5 Å². The fourth-order valence-corrected chi connectivity index (χ4v) is 5.16. The molecule has 174 valence electrons. The molecule has 0 aromatic carbocycles. The number of amides is 1. The molecule has 0 bridgehead atoms. The largest absolute Gasteiger partial charge is 0.329 e. The SMILES string of the molecule is CC(C)c1cc(Nc2nc(N3CCC[C@@H]3C(=O)Nc3nccs3)nc3c2CCC3(C)C)n[nH]1. The zero-order chi connectivity index (χ0) is 23.2. The Morgan fingerprint density at radius 2 is 2.18 bits per heavy atom. The van der Waals surface area contributed by atoms with E-state index >= 15 is 0 Å². The molecule has 0 spiro atoms. The van der Waals surface area contributed by atoms with Gasteiger partial charge in [-0.3, -0.25) is 9.89 Å². The maximum atomic E-state index is 13.0. The van der Waals surface area contributed by atoms with E-state index in [2.05, 4.69) is 53.5 Å². The lowest BCUT2D eigenvalue weighted by molar-refractivity contribution is -0.117. The summed E-state index contributed by atoms with van der Waals surface area (Å²) in [5, 5.41) is 16.4. The summed E-state index contributed by atoms with van der Waals surface area (Å²) < 4.78 is 0. The normalized spacial score (nSPS) is 19.2. The van der Waals surface area contributed by atoms with Crippen molar-refractivity contribution < 1.29 is 4.79 Å². The van der Waals surface area contributed by atoms with Gasteiger partial charge in [0.15, 0.2) is 10.9 Å². The fourth-order valence-electron chi connectivity index (χ4n) is 4.63. The standard InChI is InChI=1S/C23H30N8OS/c1-13(2)15-12-17(30-29-15)25-19-14-7-8-23(3,4)18(14)26-21(27-19)31-10-5-6-16(31)20(32)28-22-24-9-11-33-22/h9,11-13,16H,5-8,10H2,1-4H3,(H,24,28,32)(H2,25,26,27,29,30)/t16-/m1/s1. The first-order valence-corrected chi connectivity index (χ1v) is 12.4. The van der Waals surface area contributed by atoms with E-state index in [0.29, 0.717) is 17.0 Å². The summed E-state index contributed by atoms with van der Waals surface area (Å²) in [7, 11) is 0. The van der Waals surface area contributed by atoms with Crippen LogP contribution in [0, 0.1) is 0 Å². The average molecular weight is 467 g/mol. The number of carbonyl (C=O) groups is 1. The fraction of sp³-hybridized carbons (Fsp3) is 0.522. The minimum Gasteiger partial charge on any atom is -0.329 e. The van der Waals surface area contributed by atoms with Gasteiger partial charge in [-0.1, -0.05) is 27.7 Å². The molecule has 3 aromatic heterocycles. The number of aromatic amines is 1. The molecule has 1 aliphatic carbocycles. The van der Waals surface area contributed by atoms with Crippen LogP contribution in [-0.4, -0.2) is 43.6 Å². The molecule has 0 unspecified atom stereocenters. The predicted molar refractivity (Wildman–Crippen MR) is 130 cm³/mol. The van der Waals surface area contributed by atoms with Gasteiger partial charge in [0.1, 0.15) is 11.9 Å². The van der Waals surface area contributed by atoms with E-state index in [0.717, 1.165) is 60.8 Å². The number of H-pyrrole nitrogens is 1. The van der Waals surface area contributed by atoms with Crippen LogP contribution in [0.2, 0.25) is 0 Å². The van der Waals surface area contributed by atoms with Gasteiger partial charge in [-0.05, 0) is 31.6 Å². The van der Waals surface area contributed by atoms with Crippen molar-refractivity contribution in [1.82, 2.24) is 25.1 Å². The topological polar surface area (TPSA) is 112 Å². The number of carbonyl (C=O) groups excluding carboxylic acids is 1. The van der Waals surface area contributed by atoms with Crippen LogP contribution in [0.1, 0.15) is 69.8 Å². The molecule has 0 radical (unpaired) electrons. The van der Waals surface area contributed by atoms with Crippen LogP contribution in [0.3, 0.4) is 0 Å². The summed E-state index contributed by atoms with van der Waals surface area (Å²) in [5.74, 6) is 2.43. The van der Waals surface area contributed by atoms with Crippen LogP contribution in [0.4, 0.5) is 22.7 Å². The van der Waals surface area contributed by atoms with Gasteiger partial charge in [0.05, 0.1) is 5.69 Å². The zero-order valence-corrected chi connectivity index (χ0v) is 20.3. The van der Waals surface area contributed by atoms with E-state index in [9.17, 15) is 4.79 Å². The van der Waals surface area contributed by atoms with Crippen molar-refractivity contribution in [3.63, 3.8) is 0 Å². The summed E-state index contributed by atoms with van der Waals surface area (Å²) in [5.41, 5.74) is 3.22. The third-order valence-electron chi connectivity index (χ3n) is 6.58. The molecule has 3 N–H and O–H groups in total. The molecule has 1 fully saturated rings. The van der Waals surface area contributed by atoms with Crippen LogP contribution in [0.5, 0.6) is 0 Å². The lowest BCUT2D eigenvalue weighted by Gasteiger charge is -2.26. The van der Waals surface area contributed by atoms with Gasteiger partial charge in [-0.15, -0.1) is 11.3 Å². The van der Waals surface area contributed by atoms with Gasteiger partial charge in [-0.25, -0.2) is 9.97 Å². The number of nitrogens with one attached hydrogen (secondary N) is 3. The van der Waals surface area contributed by atoms with E-state index in [1.807, 2.05) is 16.3 Å². The molecular formula is C23H30N8OS. The zero-order valence-electron chi connectivity index (χ0n) is 19.5. The maximum Gasteiger partial charge on any atom is 0.248 e. The second-order valence-corrected chi connectivity index (χ2v) is 10.6. The number of aromatic nitrogens is 5. The number of hydrogen-bond acceptors (Lipinski definition) is 8. The Balaban J connectivity index is 1.48. The minimum absolute atomic E-state index is 0.0451. The summed E-state index contributed by atoms with van der Waals surface area (Å²) in [6.07, 6.45) is 5.30. The third-order valence-corrected chi connectivity index (χ3v) is 7.27. The summed E-state index contributed by atoms with van der Waals surface area (Å²) >= 11 is 1.42. The smallest absolute Gasteiger partial charge is 0.248 e. The molecule has 9 nitrogen and oxygen atoms in total. The van der Waals surface area contributed by atoms with Crippen LogP contribution in [0.15, 0.2) is 17.6 Å². The van der Waals surface area contributed by atoms with Gasteiger partial charge >= 0.3 is 0 Å². The highest BCUT2D eigenvalue weighted by atomic mass is 32.1. The van der Waals surface area contributed by atoms with Gasteiger partial charge in [0.25, 0.3) is 0 Å². The molecule has 2 aliphatic rings. The number of nitrogens with zero attached hydrogens (tertiary/aromatic N) is 5. The molecule has 4 heterocycles. The van der Waals surface area contributed by atoms with Crippen LogP contribution in [0.25, 0.3) is 0 Å². The third kappa shape index (κ3) is 4.19. The Bertz CT molecular complexity index is 1150. The molecule has 10 heteroatoms. The molecule has 0 saturated carbocycles. The van der Waals surface area contributed by atoms with Crippen molar-refractivity contribution >= 4 is 40.0 Å². The van der Waals surface area contributed by atoms with Gasteiger partial charge in [-0.2, -0.15) is 10.1 Å². The molecule has 1 aliphatic heterocycles. The van der Waals surface area contributed by atoms with Gasteiger partial charge in [0, 0.05) is 40.9 Å². The van der Waals surface area contributed by atoms with Crippen molar-refractivity contribution in [1.29, 1.82) is 0 Å². The van der Waals surface area contributed by atoms with Gasteiger partial charge < -0.3 is 15.5 Å². The van der Waals surface area contributed by atoms with Gasteiger partial charge in [0.2, 0.25) is 11.9 Å². The number of anilines is 4. The molecule has 3 aromatic rings. The Morgan fingerprint density at radius 1 is 1.33 bits per heavy atom. The summed E-state index contributed by atoms with van der Waals surface area (Å²) in [6, 6.07) is 1.71. The first-order valence-electron chi connectivity index (χ1n) is 11.5. The monoisotopic (exact) mass is 466 g/mol. The highest BCUT2D eigenvalue weighted by Crippen LogP contribution is 2.42. The summed E-state index contributed by atoms with van der Waals surface area (Å²) in [6.45, 7) is 9.45. The number of fused-ring (bicyclic) bond motifs is 1. The quantitative estimate of drug-likeness (QED) is 0.495. The minimum atomic E-state index is -0.317. The maximum absolute atomic E-state index is 13.0. The van der Waals surface area contributed by atoms with Crippen molar-refractivity contribution in [3.8, 4) is 0 Å². The number of hydrogen-bond donors (Lipinski definition) is 3. The van der Waals surface area contributed by atoms with Crippen LogP contribution >= 0.6 is 11.3 Å². The van der Waals surface area contributed by atoms with E-state index in [1.165, 1.54) is 11.3 Å². The number of thiazole rings is 1. The first kappa shape index (κ1) is 21.8. The molecule has 5 rings (SSSR count). The van der Waals surface area contributed by atoms with E-state index < -0.39 is 0 Å². The average Bonchev–Trinajstić information content (AvgIpc) is 3.55. The Labute approximate surface area is 197 Å². The second kappa shape index (κ2) is 8.40. The molecule has 1 saturated heterocycles. The van der Waals surface area contributed by atoms with Crippen molar-refractivity contribution in [2.24, 2.45) is 0 Å².